The molecule has 1 fully saturated rings. The second-order valence-corrected chi connectivity index (χ2v) is 8.35. The third-order valence-electron chi connectivity index (χ3n) is 3.67. The van der Waals surface area contributed by atoms with Crippen molar-refractivity contribution in [3.05, 3.63) is 4.88 Å². The van der Waals surface area contributed by atoms with E-state index in [0.717, 1.165) is 24.2 Å². The molecule has 112 valence electrons. The fraction of sp³-hybridized carbons (Fsp3) is 0.615. The van der Waals surface area contributed by atoms with Crippen molar-refractivity contribution in [1.82, 2.24) is 0 Å². The standard InChI is InChI=1S/C13H20N2O3S2/c1-4-8-6-9(8)15-13-12(20(17,18)5-2)10(14)11(19-13)7(3)16/h8-9,15H,4-6,14H2,1-3H3. The van der Waals surface area contributed by atoms with Crippen molar-refractivity contribution < 1.29 is 13.2 Å². The maximum atomic E-state index is 12.2. The molecule has 7 heteroatoms. The summed E-state index contributed by atoms with van der Waals surface area (Å²) in [4.78, 5) is 12.0. The average Bonchev–Trinajstić information content (AvgIpc) is 3.04. The van der Waals surface area contributed by atoms with Gasteiger partial charge in [-0.1, -0.05) is 20.3 Å². The van der Waals surface area contributed by atoms with Crippen LogP contribution in [0, 0.1) is 5.92 Å². The molecule has 2 unspecified atom stereocenters. The zero-order valence-corrected chi connectivity index (χ0v) is 13.5. The number of sulfone groups is 1. The first-order valence-electron chi connectivity index (χ1n) is 6.74. The van der Waals surface area contributed by atoms with Crippen molar-refractivity contribution in [1.29, 1.82) is 0 Å². The Morgan fingerprint density at radius 2 is 2.10 bits per heavy atom. The molecule has 5 nitrogen and oxygen atoms in total. The zero-order valence-electron chi connectivity index (χ0n) is 11.9. The summed E-state index contributed by atoms with van der Waals surface area (Å²) in [5.41, 5.74) is 6.00. The number of anilines is 2. The maximum Gasteiger partial charge on any atom is 0.183 e. The van der Waals surface area contributed by atoms with Gasteiger partial charge < -0.3 is 11.1 Å². The molecule has 2 rings (SSSR count). The summed E-state index contributed by atoms with van der Waals surface area (Å²) >= 11 is 1.15. The minimum Gasteiger partial charge on any atom is -0.396 e. The van der Waals surface area contributed by atoms with Gasteiger partial charge in [-0.05, 0) is 12.3 Å². The predicted octanol–water partition coefficient (Wildman–Crippen LogP) is 2.54. The summed E-state index contributed by atoms with van der Waals surface area (Å²) in [6.07, 6.45) is 2.10. The summed E-state index contributed by atoms with van der Waals surface area (Å²) in [6, 6.07) is 0.295. The van der Waals surface area contributed by atoms with Gasteiger partial charge in [-0.2, -0.15) is 0 Å². The van der Waals surface area contributed by atoms with Gasteiger partial charge in [-0.25, -0.2) is 8.42 Å². The van der Waals surface area contributed by atoms with Gasteiger partial charge in [0.25, 0.3) is 0 Å². The monoisotopic (exact) mass is 316 g/mol. The summed E-state index contributed by atoms with van der Waals surface area (Å²) in [5, 5.41) is 3.77. The number of nitrogen functional groups attached to an aromatic ring is 1. The van der Waals surface area contributed by atoms with Gasteiger partial charge in [0, 0.05) is 13.0 Å². The van der Waals surface area contributed by atoms with Gasteiger partial charge in [0.1, 0.15) is 9.90 Å². The Morgan fingerprint density at radius 1 is 1.45 bits per heavy atom. The maximum absolute atomic E-state index is 12.2. The topological polar surface area (TPSA) is 89.3 Å². The van der Waals surface area contributed by atoms with E-state index in [4.69, 9.17) is 5.73 Å². The van der Waals surface area contributed by atoms with Crippen LogP contribution >= 0.6 is 11.3 Å². The normalized spacial score (nSPS) is 21.8. The first-order chi connectivity index (χ1) is 9.31. The molecule has 3 N–H and O–H groups in total. The fourth-order valence-electron chi connectivity index (χ4n) is 2.28. The molecule has 1 aliphatic carbocycles. The molecule has 1 aromatic rings. The lowest BCUT2D eigenvalue weighted by atomic mass is 10.3. The Labute approximate surface area is 123 Å². The highest BCUT2D eigenvalue weighted by Gasteiger charge is 2.38. The highest BCUT2D eigenvalue weighted by atomic mass is 32.2. The lowest BCUT2D eigenvalue weighted by Gasteiger charge is -2.07. The van der Waals surface area contributed by atoms with E-state index in [9.17, 15) is 13.2 Å². The van der Waals surface area contributed by atoms with Crippen LogP contribution in [0.1, 0.15) is 43.3 Å². The lowest BCUT2D eigenvalue weighted by Crippen LogP contribution is -2.11. The Balaban J connectivity index is 2.44. The van der Waals surface area contributed by atoms with Gasteiger partial charge in [-0.15, -0.1) is 11.3 Å². The largest absolute Gasteiger partial charge is 0.396 e. The fourth-order valence-corrected chi connectivity index (χ4v) is 4.89. The van der Waals surface area contributed by atoms with Crippen molar-refractivity contribution >= 4 is 37.6 Å². The Bertz CT molecular complexity index is 634. The van der Waals surface area contributed by atoms with Crippen molar-refractivity contribution in [2.75, 3.05) is 16.8 Å². The smallest absolute Gasteiger partial charge is 0.183 e. The first-order valence-corrected chi connectivity index (χ1v) is 9.21. The number of hydrogen-bond acceptors (Lipinski definition) is 6. The van der Waals surface area contributed by atoms with Gasteiger partial charge in [0.05, 0.1) is 16.3 Å². The van der Waals surface area contributed by atoms with Crippen molar-refractivity contribution in [2.24, 2.45) is 5.92 Å². The van der Waals surface area contributed by atoms with Crippen LogP contribution < -0.4 is 11.1 Å². The molecular weight excluding hydrogens is 296 g/mol. The molecule has 1 heterocycles. The Hall–Kier alpha value is -1.08. The zero-order chi connectivity index (χ0) is 15.1. The molecule has 1 aliphatic rings. The first kappa shape index (κ1) is 15.3. The van der Waals surface area contributed by atoms with Gasteiger partial charge >= 0.3 is 0 Å². The van der Waals surface area contributed by atoms with E-state index in [1.807, 2.05) is 0 Å². The van der Waals surface area contributed by atoms with E-state index in [2.05, 4.69) is 12.2 Å². The highest BCUT2D eigenvalue weighted by molar-refractivity contribution is 7.91. The lowest BCUT2D eigenvalue weighted by molar-refractivity contribution is 0.102. The summed E-state index contributed by atoms with van der Waals surface area (Å²) in [6.45, 7) is 5.09. The van der Waals surface area contributed by atoms with Crippen LogP contribution in [0.25, 0.3) is 0 Å². The van der Waals surface area contributed by atoms with Crippen LogP contribution in [-0.2, 0) is 9.84 Å². The number of hydrogen-bond donors (Lipinski definition) is 2. The molecule has 1 saturated carbocycles. The molecule has 1 aromatic heterocycles. The summed E-state index contributed by atoms with van der Waals surface area (Å²) < 4.78 is 24.4. The third kappa shape index (κ3) is 2.69. The molecular formula is C13H20N2O3S2. The highest BCUT2D eigenvalue weighted by Crippen LogP contribution is 2.44. The number of carbonyl (C=O) groups is 1. The van der Waals surface area contributed by atoms with Crippen LogP contribution in [-0.4, -0.2) is 26.0 Å². The second kappa shape index (κ2) is 5.37. The van der Waals surface area contributed by atoms with Gasteiger partial charge in [0.15, 0.2) is 15.6 Å². The minimum absolute atomic E-state index is 0.0260. The number of rotatable bonds is 6. The van der Waals surface area contributed by atoms with Crippen molar-refractivity contribution in [3.8, 4) is 0 Å². The third-order valence-corrected chi connectivity index (χ3v) is 6.85. The predicted molar refractivity (Wildman–Crippen MR) is 82.3 cm³/mol. The van der Waals surface area contributed by atoms with Gasteiger partial charge in [0.2, 0.25) is 0 Å². The molecule has 0 aromatic carbocycles. The van der Waals surface area contributed by atoms with E-state index in [1.54, 1.807) is 6.92 Å². The van der Waals surface area contributed by atoms with Crippen LogP contribution in [0.5, 0.6) is 0 Å². The van der Waals surface area contributed by atoms with Crippen molar-refractivity contribution in [3.63, 3.8) is 0 Å². The molecule has 20 heavy (non-hydrogen) atoms. The molecule has 0 spiro atoms. The number of nitrogens with two attached hydrogens (primary N) is 1. The van der Waals surface area contributed by atoms with Crippen LogP contribution in [0.3, 0.4) is 0 Å². The number of Topliss-reactive ketones (excluding diaryl/α,β-unsaturated/α-hetero) is 1. The van der Waals surface area contributed by atoms with Crippen LogP contribution in [0.2, 0.25) is 0 Å². The number of carbonyl (C=O) groups excluding carboxylic acids is 1. The Morgan fingerprint density at radius 3 is 2.55 bits per heavy atom. The molecule has 0 aliphatic heterocycles. The quantitative estimate of drug-likeness (QED) is 0.787. The Kier molecular flexibility index (Phi) is 4.11. The summed E-state index contributed by atoms with van der Waals surface area (Å²) in [7, 11) is -3.44. The molecule has 0 amide bonds. The van der Waals surface area contributed by atoms with E-state index in [0.29, 0.717) is 21.8 Å². The molecule has 2 atom stereocenters. The van der Waals surface area contributed by atoms with E-state index in [-0.39, 0.29) is 22.1 Å². The van der Waals surface area contributed by atoms with E-state index >= 15 is 0 Å². The van der Waals surface area contributed by atoms with Gasteiger partial charge in [-0.3, -0.25) is 4.79 Å². The molecule has 0 bridgehead atoms. The van der Waals surface area contributed by atoms with E-state index < -0.39 is 9.84 Å². The minimum atomic E-state index is -3.44. The number of nitrogens with one attached hydrogen (secondary N) is 1. The van der Waals surface area contributed by atoms with Crippen LogP contribution in [0.15, 0.2) is 4.90 Å². The SMILES string of the molecule is CCC1CC1Nc1sc(C(C)=O)c(N)c1S(=O)(=O)CC. The number of thiophene rings is 1. The van der Waals surface area contributed by atoms with E-state index in [1.165, 1.54) is 6.92 Å². The second-order valence-electron chi connectivity index (χ2n) is 5.12. The average molecular weight is 316 g/mol. The molecule has 0 saturated heterocycles. The molecule has 0 radical (unpaired) electrons. The number of ketones is 1. The summed E-state index contributed by atoms with van der Waals surface area (Å²) in [5.74, 6) is 0.356. The van der Waals surface area contributed by atoms with Crippen LogP contribution in [0.4, 0.5) is 10.7 Å². The van der Waals surface area contributed by atoms with Crippen molar-refractivity contribution in [2.45, 2.75) is 44.6 Å².